The summed E-state index contributed by atoms with van der Waals surface area (Å²) in [6, 6.07) is 20.1. The molecule has 0 aliphatic rings. The molecule has 0 saturated heterocycles. The van der Waals surface area contributed by atoms with Crippen LogP contribution in [0.3, 0.4) is 0 Å². The highest BCUT2D eigenvalue weighted by molar-refractivity contribution is 7.13. The molecule has 0 spiro atoms. The van der Waals surface area contributed by atoms with Gasteiger partial charge in [0.05, 0.1) is 5.69 Å². The van der Waals surface area contributed by atoms with Crippen molar-refractivity contribution in [3.63, 3.8) is 0 Å². The standard InChI is InChI=1S/C20H13ClN2S/c21-18-9-5-4-8-16(18)19-13-24-20(23-19)17-12-22-11-10-15(17)14-6-2-1-3-7-14/h1-13H. The molecule has 0 amide bonds. The molecule has 0 bridgehead atoms. The Bertz CT molecular complexity index is 980. The van der Waals surface area contributed by atoms with Crippen molar-refractivity contribution < 1.29 is 0 Å². The molecule has 4 aromatic rings. The maximum atomic E-state index is 6.29. The Kier molecular flexibility index (Phi) is 4.11. The molecule has 0 fully saturated rings. The van der Waals surface area contributed by atoms with E-state index in [0.29, 0.717) is 5.02 Å². The van der Waals surface area contributed by atoms with Gasteiger partial charge in [0.25, 0.3) is 0 Å². The average Bonchev–Trinajstić information content (AvgIpc) is 3.12. The van der Waals surface area contributed by atoms with Crippen LogP contribution in [0.25, 0.3) is 33.0 Å². The summed E-state index contributed by atoms with van der Waals surface area (Å²) in [6.45, 7) is 0. The van der Waals surface area contributed by atoms with Crippen LogP contribution in [-0.2, 0) is 0 Å². The number of halogens is 1. The second-order valence-electron chi connectivity index (χ2n) is 5.31. The van der Waals surface area contributed by atoms with E-state index in [1.54, 1.807) is 11.3 Å². The van der Waals surface area contributed by atoms with Crippen LogP contribution < -0.4 is 0 Å². The van der Waals surface area contributed by atoms with Gasteiger partial charge in [-0.3, -0.25) is 4.98 Å². The molecule has 0 radical (unpaired) electrons. The lowest BCUT2D eigenvalue weighted by Crippen LogP contribution is -1.86. The average molecular weight is 349 g/mol. The van der Waals surface area contributed by atoms with E-state index in [4.69, 9.17) is 16.6 Å². The predicted molar refractivity (Wildman–Crippen MR) is 101 cm³/mol. The first kappa shape index (κ1) is 15.1. The van der Waals surface area contributed by atoms with Crippen LogP contribution in [0.2, 0.25) is 5.02 Å². The second-order valence-corrected chi connectivity index (χ2v) is 6.57. The highest BCUT2D eigenvalue weighted by Gasteiger charge is 2.13. The Morgan fingerprint density at radius 3 is 2.42 bits per heavy atom. The van der Waals surface area contributed by atoms with Crippen LogP contribution in [0.15, 0.2) is 78.4 Å². The lowest BCUT2D eigenvalue weighted by molar-refractivity contribution is 1.31. The van der Waals surface area contributed by atoms with Crippen LogP contribution in [0, 0.1) is 0 Å². The molecule has 4 rings (SSSR count). The minimum absolute atomic E-state index is 0.712. The molecule has 2 aromatic heterocycles. The summed E-state index contributed by atoms with van der Waals surface area (Å²) in [7, 11) is 0. The van der Waals surface area contributed by atoms with E-state index >= 15 is 0 Å². The normalized spacial score (nSPS) is 10.7. The van der Waals surface area contributed by atoms with Crippen molar-refractivity contribution in [1.29, 1.82) is 0 Å². The molecule has 0 aliphatic carbocycles. The zero-order chi connectivity index (χ0) is 16.4. The number of aromatic nitrogens is 2. The third kappa shape index (κ3) is 2.84. The first-order valence-electron chi connectivity index (χ1n) is 7.53. The van der Waals surface area contributed by atoms with Gasteiger partial charge in [-0.25, -0.2) is 4.98 Å². The number of thiazole rings is 1. The summed E-state index contributed by atoms with van der Waals surface area (Å²) in [5, 5.41) is 3.69. The third-order valence-corrected chi connectivity index (χ3v) is 5.00. The molecule has 24 heavy (non-hydrogen) atoms. The SMILES string of the molecule is Clc1ccccc1-c1csc(-c2cnccc2-c2ccccc2)n1. The topological polar surface area (TPSA) is 25.8 Å². The Balaban J connectivity index is 1.81. The Morgan fingerprint density at radius 1 is 0.792 bits per heavy atom. The second kappa shape index (κ2) is 6.56. The van der Waals surface area contributed by atoms with Crippen LogP contribution in [0.4, 0.5) is 0 Å². The Morgan fingerprint density at radius 2 is 1.58 bits per heavy atom. The number of rotatable bonds is 3. The van der Waals surface area contributed by atoms with Crippen molar-refractivity contribution in [1.82, 2.24) is 9.97 Å². The van der Waals surface area contributed by atoms with Gasteiger partial charge >= 0.3 is 0 Å². The summed E-state index contributed by atoms with van der Waals surface area (Å²) < 4.78 is 0. The van der Waals surface area contributed by atoms with E-state index in [2.05, 4.69) is 17.1 Å². The minimum Gasteiger partial charge on any atom is -0.264 e. The largest absolute Gasteiger partial charge is 0.264 e. The molecular formula is C20H13ClN2S. The van der Waals surface area contributed by atoms with Gasteiger partial charge in [-0.1, -0.05) is 60.1 Å². The molecule has 0 saturated carbocycles. The van der Waals surface area contributed by atoms with Gasteiger partial charge in [0, 0.05) is 33.9 Å². The summed E-state index contributed by atoms with van der Waals surface area (Å²) in [5.74, 6) is 0. The van der Waals surface area contributed by atoms with E-state index in [9.17, 15) is 0 Å². The lowest BCUT2D eigenvalue weighted by atomic mass is 10.0. The van der Waals surface area contributed by atoms with E-state index < -0.39 is 0 Å². The fourth-order valence-electron chi connectivity index (χ4n) is 2.62. The molecule has 2 heterocycles. The van der Waals surface area contributed by atoms with Gasteiger partial charge in [0.15, 0.2) is 0 Å². The van der Waals surface area contributed by atoms with Crippen LogP contribution in [0.1, 0.15) is 0 Å². The van der Waals surface area contributed by atoms with Crippen LogP contribution >= 0.6 is 22.9 Å². The van der Waals surface area contributed by atoms with Gasteiger partial charge in [0.2, 0.25) is 0 Å². The number of pyridine rings is 1. The monoisotopic (exact) mass is 348 g/mol. The summed E-state index contributed by atoms with van der Waals surface area (Å²) >= 11 is 7.90. The molecule has 0 aliphatic heterocycles. The van der Waals surface area contributed by atoms with Gasteiger partial charge in [-0.2, -0.15) is 0 Å². The highest BCUT2D eigenvalue weighted by Crippen LogP contribution is 2.36. The first-order chi connectivity index (χ1) is 11.8. The number of hydrogen-bond donors (Lipinski definition) is 0. The van der Waals surface area contributed by atoms with Crippen molar-refractivity contribution in [2.24, 2.45) is 0 Å². The number of benzene rings is 2. The molecule has 2 aromatic carbocycles. The molecule has 4 heteroatoms. The highest BCUT2D eigenvalue weighted by atomic mass is 35.5. The minimum atomic E-state index is 0.712. The maximum Gasteiger partial charge on any atom is 0.126 e. The quantitative estimate of drug-likeness (QED) is 0.441. The summed E-state index contributed by atoms with van der Waals surface area (Å²) in [5.41, 5.74) is 5.16. The van der Waals surface area contributed by atoms with Crippen LogP contribution in [-0.4, -0.2) is 9.97 Å². The first-order valence-corrected chi connectivity index (χ1v) is 8.79. The van der Waals surface area contributed by atoms with Gasteiger partial charge in [-0.05, 0) is 23.3 Å². The van der Waals surface area contributed by atoms with Crippen LogP contribution in [0.5, 0.6) is 0 Å². The van der Waals surface area contributed by atoms with Crippen molar-refractivity contribution in [2.75, 3.05) is 0 Å². The van der Waals surface area contributed by atoms with Crippen molar-refractivity contribution in [2.45, 2.75) is 0 Å². The molecule has 116 valence electrons. The summed E-state index contributed by atoms with van der Waals surface area (Å²) in [6.07, 6.45) is 3.69. The van der Waals surface area contributed by atoms with Gasteiger partial charge in [-0.15, -0.1) is 11.3 Å². The number of nitrogens with zero attached hydrogens (tertiary/aromatic N) is 2. The molecule has 0 N–H and O–H groups in total. The Labute approximate surface area is 149 Å². The zero-order valence-corrected chi connectivity index (χ0v) is 14.3. The number of hydrogen-bond acceptors (Lipinski definition) is 3. The van der Waals surface area contributed by atoms with E-state index in [0.717, 1.165) is 33.0 Å². The fourth-order valence-corrected chi connectivity index (χ4v) is 3.70. The predicted octanol–water partition coefficient (Wildman–Crippen LogP) is 6.19. The summed E-state index contributed by atoms with van der Waals surface area (Å²) in [4.78, 5) is 9.08. The van der Waals surface area contributed by atoms with Gasteiger partial charge in [0.1, 0.15) is 5.01 Å². The third-order valence-electron chi connectivity index (χ3n) is 3.79. The molecule has 2 nitrogen and oxygen atoms in total. The maximum absolute atomic E-state index is 6.29. The molecular weight excluding hydrogens is 336 g/mol. The van der Waals surface area contributed by atoms with Gasteiger partial charge < -0.3 is 0 Å². The zero-order valence-electron chi connectivity index (χ0n) is 12.7. The fraction of sp³-hybridized carbons (Fsp3) is 0. The van der Waals surface area contributed by atoms with E-state index in [-0.39, 0.29) is 0 Å². The lowest BCUT2D eigenvalue weighted by Gasteiger charge is -2.06. The van der Waals surface area contributed by atoms with E-state index in [1.165, 1.54) is 0 Å². The van der Waals surface area contributed by atoms with Crippen molar-refractivity contribution >= 4 is 22.9 Å². The van der Waals surface area contributed by atoms with Crippen molar-refractivity contribution in [3.8, 4) is 33.0 Å². The smallest absolute Gasteiger partial charge is 0.126 e. The molecule has 0 unspecified atom stereocenters. The Hall–Kier alpha value is -2.49. The molecule has 0 atom stereocenters. The van der Waals surface area contributed by atoms with Crippen molar-refractivity contribution in [3.05, 3.63) is 83.5 Å². The van der Waals surface area contributed by atoms with E-state index in [1.807, 2.05) is 66.3 Å².